The molecule has 0 aliphatic rings. The van der Waals surface area contributed by atoms with Crippen LogP contribution in [0.25, 0.3) is 11.0 Å². The van der Waals surface area contributed by atoms with Crippen molar-refractivity contribution < 1.29 is 23.4 Å². The molecule has 166 valence electrons. The van der Waals surface area contributed by atoms with Gasteiger partial charge in [0.25, 0.3) is 0 Å². The third-order valence-electron chi connectivity index (χ3n) is 4.68. The van der Waals surface area contributed by atoms with Crippen molar-refractivity contribution in [3.05, 3.63) is 53.3 Å². The molecule has 0 spiro atoms. The standard InChI is InChI=1S/C23H27FN2O4S/c1-4-29-12-6-11-26-20-9-8-17(22(27)30-5-2)14-19(20)25-23(26)31-15-16-7-10-21(28-3)18(24)13-16/h7-10,13-14H,4-6,11-12,15H2,1-3H3. The largest absolute Gasteiger partial charge is 0.494 e. The Balaban J connectivity index is 1.85. The molecule has 0 unspecified atom stereocenters. The number of benzene rings is 2. The Morgan fingerprint density at radius 1 is 1.16 bits per heavy atom. The van der Waals surface area contributed by atoms with Crippen LogP contribution in [0.2, 0.25) is 0 Å². The van der Waals surface area contributed by atoms with E-state index < -0.39 is 0 Å². The molecule has 0 radical (unpaired) electrons. The molecule has 1 heterocycles. The number of carbonyl (C=O) groups excluding carboxylic acids is 1. The molecule has 0 aliphatic heterocycles. The lowest BCUT2D eigenvalue weighted by Crippen LogP contribution is -2.05. The minimum Gasteiger partial charge on any atom is -0.494 e. The fourth-order valence-electron chi connectivity index (χ4n) is 3.19. The van der Waals surface area contributed by atoms with Gasteiger partial charge in [0.15, 0.2) is 16.7 Å². The van der Waals surface area contributed by atoms with Gasteiger partial charge in [0.1, 0.15) is 0 Å². The van der Waals surface area contributed by atoms with Gasteiger partial charge in [-0.05, 0) is 56.2 Å². The van der Waals surface area contributed by atoms with Gasteiger partial charge in [-0.2, -0.15) is 0 Å². The lowest BCUT2D eigenvalue weighted by atomic mass is 10.2. The average Bonchev–Trinajstić information content (AvgIpc) is 3.12. The zero-order chi connectivity index (χ0) is 22.2. The number of aromatic nitrogens is 2. The molecule has 0 fully saturated rings. The molecule has 31 heavy (non-hydrogen) atoms. The molecule has 0 saturated carbocycles. The summed E-state index contributed by atoms with van der Waals surface area (Å²) in [5.41, 5.74) is 2.98. The van der Waals surface area contributed by atoms with Gasteiger partial charge in [-0.1, -0.05) is 17.8 Å². The highest BCUT2D eigenvalue weighted by molar-refractivity contribution is 7.98. The second kappa shape index (κ2) is 11.2. The van der Waals surface area contributed by atoms with Crippen molar-refractivity contribution in [2.75, 3.05) is 26.9 Å². The van der Waals surface area contributed by atoms with E-state index in [-0.39, 0.29) is 17.5 Å². The number of hydrogen-bond acceptors (Lipinski definition) is 6. The van der Waals surface area contributed by atoms with E-state index in [4.69, 9.17) is 19.2 Å². The summed E-state index contributed by atoms with van der Waals surface area (Å²) < 4.78 is 31.7. The van der Waals surface area contributed by atoms with Crippen molar-refractivity contribution in [1.29, 1.82) is 0 Å². The summed E-state index contributed by atoms with van der Waals surface area (Å²) in [6, 6.07) is 10.4. The van der Waals surface area contributed by atoms with Gasteiger partial charge in [-0.15, -0.1) is 0 Å². The van der Waals surface area contributed by atoms with Crippen molar-refractivity contribution in [3.63, 3.8) is 0 Å². The van der Waals surface area contributed by atoms with Gasteiger partial charge in [0, 0.05) is 25.5 Å². The summed E-state index contributed by atoms with van der Waals surface area (Å²) in [5.74, 6) is 0.0342. The third kappa shape index (κ3) is 5.77. The number of esters is 1. The summed E-state index contributed by atoms with van der Waals surface area (Å²) in [6.07, 6.45) is 0.837. The molecule has 0 atom stereocenters. The number of carbonyl (C=O) groups is 1. The quantitative estimate of drug-likeness (QED) is 0.233. The molecule has 0 saturated heterocycles. The first-order valence-electron chi connectivity index (χ1n) is 10.3. The first kappa shape index (κ1) is 23.1. The lowest BCUT2D eigenvalue weighted by molar-refractivity contribution is 0.0526. The summed E-state index contributed by atoms with van der Waals surface area (Å²) in [6.45, 7) is 6.14. The first-order valence-corrected chi connectivity index (χ1v) is 11.3. The molecular formula is C23H27FN2O4S. The number of fused-ring (bicyclic) bond motifs is 1. The summed E-state index contributed by atoms with van der Waals surface area (Å²) in [4.78, 5) is 16.8. The van der Waals surface area contributed by atoms with Crippen molar-refractivity contribution >= 4 is 28.8 Å². The number of nitrogens with zero attached hydrogens (tertiary/aromatic N) is 2. The predicted molar refractivity (Wildman–Crippen MR) is 119 cm³/mol. The van der Waals surface area contributed by atoms with Crippen LogP contribution in [0.5, 0.6) is 5.75 Å². The monoisotopic (exact) mass is 446 g/mol. The summed E-state index contributed by atoms with van der Waals surface area (Å²) in [5, 5.41) is 0.809. The Labute approximate surface area is 185 Å². The van der Waals surface area contributed by atoms with Gasteiger partial charge in [0.2, 0.25) is 0 Å². The Bertz CT molecular complexity index is 1040. The fourth-order valence-corrected chi connectivity index (χ4v) is 4.18. The van der Waals surface area contributed by atoms with Crippen molar-refractivity contribution in [3.8, 4) is 5.75 Å². The van der Waals surface area contributed by atoms with E-state index in [1.807, 2.05) is 19.1 Å². The van der Waals surface area contributed by atoms with Crippen LogP contribution in [-0.2, 0) is 21.8 Å². The van der Waals surface area contributed by atoms with Crippen LogP contribution in [0.15, 0.2) is 41.6 Å². The minimum absolute atomic E-state index is 0.225. The van der Waals surface area contributed by atoms with Gasteiger partial charge >= 0.3 is 5.97 Å². The first-order chi connectivity index (χ1) is 15.1. The van der Waals surface area contributed by atoms with Gasteiger partial charge in [0.05, 0.1) is 30.3 Å². The van der Waals surface area contributed by atoms with Crippen LogP contribution in [0, 0.1) is 5.82 Å². The number of halogens is 1. The molecule has 3 aromatic rings. The number of thioether (sulfide) groups is 1. The highest BCUT2D eigenvalue weighted by Crippen LogP contribution is 2.29. The lowest BCUT2D eigenvalue weighted by Gasteiger charge is -2.10. The fraction of sp³-hybridized carbons (Fsp3) is 0.391. The van der Waals surface area contributed by atoms with Gasteiger partial charge in [-0.25, -0.2) is 14.2 Å². The Morgan fingerprint density at radius 3 is 2.71 bits per heavy atom. The van der Waals surface area contributed by atoms with Crippen molar-refractivity contribution in [2.45, 2.75) is 37.7 Å². The Hall–Kier alpha value is -2.58. The number of methoxy groups -OCH3 is 1. The smallest absolute Gasteiger partial charge is 0.338 e. The number of hydrogen-bond donors (Lipinski definition) is 0. The van der Waals surface area contributed by atoms with Gasteiger partial charge in [-0.3, -0.25) is 0 Å². The van der Waals surface area contributed by atoms with E-state index in [1.54, 1.807) is 25.1 Å². The Kier molecular flexibility index (Phi) is 8.31. The molecule has 0 N–H and O–H groups in total. The maximum absolute atomic E-state index is 14.0. The zero-order valence-corrected chi connectivity index (χ0v) is 18.8. The molecule has 3 rings (SSSR count). The summed E-state index contributed by atoms with van der Waals surface area (Å²) in [7, 11) is 1.45. The van der Waals surface area contributed by atoms with E-state index >= 15 is 0 Å². The van der Waals surface area contributed by atoms with Crippen LogP contribution in [0.3, 0.4) is 0 Å². The number of imidazole rings is 1. The number of rotatable bonds is 11. The van der Waals surface area contributed by atoms with E-state index in [0.717, 1.165) is 34.7 Å². The number of ether oxygens (including phenoxy) is 3. The highest BCUT2D eigenvalue weighted by Gasteiger charge is 2.15. The topological polar surface area (TPSA) is 62.6 Å². The highest BCUT2D eigenvalue weighted by atomic mass is 32.2. The SMILES string of the molecule is CCOCCCn1c(SCc2ccc(OC)c(F)c2)nc2cc(C(=O)OCC)ccc21. The molecule has 2 aromatic carbocycles. The molecule has 0 bridgehead atoms. The van der Waals surface area contributed by atoms with Crippen LogP contribution < -0.4 is 4.74 Å². The van der Waals surface area contributed by atoms with Gasteiger partial charge < -0.3 is 18.8 Å². The molecule has 8 heteroatoms. The molecule has 0 amide bonds. The van der Waals surface area contributed by atoms with Crippen LogP contribution in [0.1, 0.15) is 36.2 Å². The van der Waals surface area contributed by atoms with E-state index in [1.165, 1.54) is 24.9 Å². The zero-order valence-electron chi connectivity index (χ0n) is 18.0. The normalized spacial score (nSPS) is 11.1. The minimum atomic E-state index is -0.384. The second-order valence-corrected chi connectivity index (χ2v) is 7.72. The predicted octanol–water partition coefficient (Wildman–Crippen LogP) is 5.08. The number of aryl methyl sites for hydroxylation is 1. The maximum Gasteiger partial charge on any atom is 0.338 e. The van der Waals surface area contributed by atoms with E-state index in [9.17, 15) is 9.18 Å². The second-order valence-electron chi connectivity index (χ2n) is 6.78. The summed E-state index contributed by atoms with van der Waals surface area (Å²) >= 11 is 1.52. The van der Waals surface area contributed by atoms with E-state index in [2.05, 4.69) is 4.57 Å². The molecule has 1 aromatic heterocycles. The van der Waals surface area contributed by atoms with Crippen molar-refractivity contribution in [2.24, 2.45) is 0 Å². The average molecular weight is 447 g/mol. The molecular weight excluding hydrogens is 419 g/mol. The van der Waals surface area contributed by atoms with Crippen LogP contribution >= 0.6 is 11.8 Å². The Morgan fingerprint density at radius 2 is 2.00 bits per heavy atom. The molecule has 6 nitrogen and oxygen atoms in total. The maximum atomic E-state index is 14.0. The molecule has 0 aliphatic carbocycles. The van der Waals surface area contributed by atoms with Crippen molar-refractivity contribution in [1.82, 2.24) is 9.55 Å². The van der Waals surface area contributed by atoms with E-state index in [0.29, 0.717) is 31.1 Å². The van der Waals surface area contributed by atoms with Crippen LogP contribution in [-0.4, -0.2) is 42.5 Å². The van der Waals surface area contributed by atoms with Crippen LogP contribution in [0.4, 0.5) is 4.39 Å². The third-order valence-corrected chi connectivity index (χ3v) is 5.73.